The molecule has 10 heavy (non-hydrogen) atoms. The van der Waals surface area contributed by atoms with Crippen LogP contribution >= 0.6 is 0 Å². The Bertz CT molecular complexity index is 177. The first-order valence-corrected chi connectivity index (χ1v) is 3.12. The molecule has 0 aromatic carbocycles. The van der Waals surface area contributed by atoms with Crippen LogP contribution in [0.3, 0.4) is 0 Å². The minimum absolute atomic E-state index is 0.360. The summed E-state index contributed by atoms with van der Waals surface area (Å²) in [6, 6.07) is 0. The Labute approximate surface area is 57.7 Å². The smallest absolute Gasteiger partial charge is 0.229 e. The second kappa shape index (κ2) is 1.95. The molecule has 4 nitrogen and oxygen atoms in total. The number of hydrogen-bond acceptors (Lipinski definition) is 4. The number of ether oxygens (including phenoxy) is 2. The van der Waals surface area contributed by atoms with Gasteiger partial charge in [0.05, 0.1) is 0 Å². The van der Waals surface area contributed by atoms with Gasteiger partial charge in [-0.25, -0.2) is 0 Å². The lowest BCUT2D eigenvalue weighted by Gasteiger charge is -2.22. The van der Waals surface area contributed by atoms with Gasteiger partial charge in [0, 0.05) is 0 Å². The van der Waals surface area contributed by atoms with Crippen LogP contribution in [0.2, 0.25) is 0 Å². The summed E-state index contributed by atoms with van der Waals surface area (Å²) in [6.45, 7) is 0.360. The van der Waals surface area contributed by atoms with Crippen LogP contribution in [-0.4, -0.2) is 35.3 Å². The van der Waals surface area contributed by atoms with E-state index in [4.69, 9.17) is 19.7 Å². The highest BCUT2D eigenvalue weighted by Crippen LogP contribution is 2.25. The van der Waals surface area contributed by atoms with E-state index in [0.717, 1.165) is 0 Å². The van der Waals surface area contributed by atoms with Crippen LogP contribution in [0, 0.1) is 0 Å². The number of rotatable bonds is 0. The van der Waals surface area contributed by atoms with Crippen molar-refractivity contribution in [3.05, 3.63) is 11.8 Å². The number of aliphatic hydroxyl groups excluding tert-OH is 2. The molecule has 0 aliphatic carbocycles. The molecule has 0 spiro atoms. The van der Waals surface area contributed by atoms with Crippen molar-refractivity contribution < 1.29 is 19.7 Å². The quantitative estimate of drug-likeness (QED) is 0.457. The molecule has 2 heterocycles. The molecule has 0 aromatic heterocycles. The van der Waals surface area contributed by atoms with Crippen LogP contribution in [0.1, 0.15) is 0 Å². The van der Waals surface area contributed by atoms with E-state index in [0.29, 0.717) is 12.4 Å². The lowest BCUT2D eigenvalue weighted by atomic mass is 10.1. The first-order chi connectivity index (χ1) is 4.77. The maximum Gasteiger partial charge on any atom is 0.229 e. The van der Waals surface area contributed by atoms with Gasteiger partial charge in [-0.3, -0.25) is 0 Å². The van der Waals surface area contributed by atoms with E-state index in [9.17, 15) is 0 Å². The van der Waals surface area contributed by atoms with Crippen LogP contribution < -0.4 is 0 Å². The Morgan fingerprint density at radius 2 is 2.30 bits per heavy atom. The van der Waals surface area contributed by atoms with E-state index in [1.165, 1.54) is 6.08 Å². The molecular formula is C6H8O4. The average Bonchev–Trinajstić information content (AvgIpc) is 2.29. The molecule has 0 aromatic rings. The third-order valence-electron chi connectivity index (χ3n) is 1.64. The van der Waals surface area contributed by atoms with Gasteiger partial charge in [-0.2, -0.15) is 0 Å². The lowest BCUT2D eigenvalue weighted by molar-refractivity contribution is -0.148. The van der Waals surface area contributed by atoms with Crippen molar-refractivity contribution >= 4 is 0 Å². The predicted molar refractivity (Wildman–Crippen MR) is 30.9 cm³/mol. The molecule has 2 aliphatic heterocycles. The van der Waals surface area contributed by atoms with Crippen molar-refractivity contribution in [2.75, 3.05) is 6.61 Å². The second-order valence-electron chi connectivity index (χ2n) is 2.41. The van der Waals surface area contributed by atoms with E-state index >= 15 is 0 Å². The molecule has 0 unspecified atom stereocenters. The van der Waals surface area contributed by atoms with E-state index < -0.39 is 18.5 Å². The monoisotopic (exact) mass is 144 g/mol. The van der Waals surface area contributed by atoms with Gasteiger partial charge >= 0.3 is 0 Å². The number of hydrogen-bond donors (Lipinski definition) is 2. The highest BCUT2D eigenvalue weighted by Gasteiger charge is 2.37. The SMILES string of the molecule is O[C@H]1[C@@H]2OCC(=C[C@@H]1O)O2. The van der Waals surface area contributed by atoms with Crippen molar-refractivity contribution in [1.82, 2.24) is 0 Å². The maximum absolute atomic E-state index is 9.12. The first kappa shape index (κ1) is 6.15. The second-order valence-corrected chi connectivity index (χ2v) is 2.41. The van der Waals surface area contributed by atoms with Gasteiger partial charge in [0.1, 0.15) is 24.6 Å². The summed E-state index contributed by atoms with van der Waals surface area (Å²) >= 11 is 0. The molecule has 56 valence electrons. The normalized spacial score (nSPS) is 44.6. The van der Waals surface area contributed by atoms with Crippen molar-refractivity contribution in [3.8, 4) is 0 Å². The van der Waals surface area contributed by atoms with Gasteiger partial charge in [-0.05, 0) is 6.08 Å². The third kappa shape index (κ3) is 0.733. The van der Waals surface area contributed by atoms with Crippen LogP contribution in [0.4, 0.5) is 0 Å². The molecular weight excluding hydrogens is 136 g/mol. The van der Waals surface area contributed by atoms with E-state index in [2.05, 4.69) is 0 Å². The summed E-state index contributed by atoms with van der Waals surface area (Å²) in [5.41, 5.74) is 0. The minimum atomic E-state index is -0.939. The zero-order valence-corrected chi connectivity index (χ0v) is 5.23. The molecule has 1 fully saturated rings. The Morgan fingerprint density at radius 3 is 3.10 bits per heavy atom. The highest BCUT2D eigenvalue weighted by molar-refractivity contribution is 5.08. The maximum atomic E-state index is 9.12. The molecule has 3 atom stereocenters. The van der Waals surface area contributed by atoms with E-state index in [1.54, 1.807) is 0 Å². The summed E-state index contributed by atoms with van der Waals surface area (Å²) in [4.78, 5) is 0. The fraction of sp³-hybridized carbons (Fsp3) is 0.667. The summed E-state index contributed by atoms with van der Waals surface area (Å²) in [6.07, 6.45) is -0.966. The molecule has 0 amide bonds. The summed E-state index contributed by atoms with van der Waals surface area (Å²) < 4.78 is 9.97. The fourth-order valence-electron chi connectivity index (χ4n) is 1.09. The molecule has 0 radical (unpaired) electrons. The molecule has 4 heteroatoms. The molecule has 2 rings (SSSR count). The largest absolute Gasteiger partial charge is 0.464 e. The standard InChI is InChI=1S/C6H8O4/c7-4-1-3-2-9-6(10-3)5(4)8/h1,4-8H,2H2/t4-,5+,6+/m0/s1. The average molecular weight is 144 g/mol. The van der Waals surface area contributed by atoms with Gasteiger partial charge in [0.25, 0.3) is 0 Å². The first-order valence-electron chi connectivity index (χ1n) is 3.12. The van der Waals surface area contributed by atoms with Crippen molar-refractivity contribution in [2.24, 2.45) is 0 Å². The molecule has 0 saturated carbocycles. The number of aliphatic hydroxyl groups is 2. The molecule has 2 aliphatic rings. The highest BCUT2D eigenvalue weighted by atomic mass is 16.7. The van der Waals surface area contributed by atoms with Crippen LogP contribution in [0.25, 0.3) is 0 Å². The molecule has 2 N–H and O–H groups in total. The van der Waals surface area contributed by atoms with Crippen LogP contribution in [-0.2, 0) is 9.47 Å². The van der Waals surface area contributed by atoms with Crippen molar-refractivity contribution in [2.45, 2.75) is 18.5 Å². The Hall–Kier alpha value is -0.580. The summed E-state index contributed by atoms with van der Waals surface area (Å²) in [7, 11) is 0. The van der Waals surface area contributed by atoms with Gasteiger partial charge in [-0.15, -0.1) is 0 Å². The Kier molecular flexibility index (Phi) is 1.20. The summed E-state index contributed by atoms with van der Waals surface area (Å²) in [5.74, 6) is 0.614. The Balaban J connectivity index is 2.25. The van der Waals surface area contributed by atoms with E-state index in [-0.39, 0.29) is 0 Å². The Morgan fingerprint density at radius 1 is 1.50 bits per heavy atom. The summed E-state index contributed by atoms with van der Waals surface area (Å²) in [5, 5.41) is 18.2. The van der Waals surface area contributed by atoms with Crippen molar-refractivity contribution in [1.29, 1.82) is 0 Å². The van der Waals surface area contributed by atoms with Crippen molar-refractivity contribution in [3.63, 3.8) is 0 Å². The van der Waals surface area contributed by atoms with Gasteiger partial charge in [0.2, 0.25) is 6.29 Å². The number of fused-ring (bicyclic) bond motifs is 2. The topological polar surface area (TPSA) is 58.9 Å². The fourth-order valence-corrected chi connectivity index (χ4v) is 1.09. The van der Waals surface area contributed by atoms with E-state index in [1.807, 2.05) is 0 Å². The van der Waals surface area contributed by atoms with Crippen LogP contribution in [0.5, 0.6) is 0 Å². The molecule has 1 saturated heterocycles. The van der Waals surface area contributed by atoms with Gasteiger partial charge < -0.3 is 19.7 Å². The third-order valence-corrected chi connectivity index (χ3v) is 1.64. The lowest BCUT2D eigenvalue weighted by Crippen LogP contribution is -2.38. The zero-order valence-electron chi connectivity index (χ0n) is 5.23. The molecule has 2 bridgehead atoms. The zero-order chi connectivity index (χ0) is 7.14. The van der Waals surface area contributed by atoms with Gasteiger partial charge in [0.15, 0.2) is 0 Å². The van der Waals surface area contributed by atoms with Crippen LogP contribution in [0.15, 0.2) is 11.8 Å². The minimum Gasteiger partial charge on any atom is -0.464 e. The van der Waals surface area contributed by atoms with Gasteiger partial charge in [-0.1, -0.05) is 0 Å². The predicted octanol–water partition coefficient (Wildman–Crippen LogP) is -1.02.